The van der Waals surface area contributed by atoms with Crippen molar-refractivity contribution in [2.24, 2.45) is 5.73 Å². The van der Waals surface area contributed by atoms with Gasteiger partial charge in [-0.25, -0.2) is 4.98 Å². The molecule has 2 rings (SSSR count). The summed E-state index contributed by atoms with van der Waals surface area (Å²) in [5.74, 6) is 0. The Morgan fingerprint density at radius 3 is 3.07 bits per heavy atom. The minimum atomic E-state index is -0.190. The number of aromatic nitrogens is 1. The van der Waals surface area contributed by atoms with E-state index < -0.39 is 0 Å². The summed E-state index contributed by atoms with van der Waals surface area (Å²) in [7, 11) is 0. The molecule has 1 aliphatic heterocycles. The molecule has 84 valence electrons. The van der Waals surface area contributed by atoms with Gasteiger partial charge < -0.3 is 16.4 Å². The number of fused-ring (bicyclic) bond motifs is 1. The lowest BCUT2D eigenvalue weighted by molar-refractivity contribution is 0.549. The third-order valence-electron chi connectivity index (χ3n) is 2.30. The van der Waals surface area contributed by atoms with E-state index in [4.69, 9.17) is 5.73 Å². The van der Waals surface area contributed by atoms with E-state index in [0.29, 0.717) is 0 Å². The lowest BCUT2D eigenvalue weighted by atomic mass is 10.1. The highest BCUT2D eigenvalue weighted by atomic mass is 32.1. The number of hydrogen-bond donors (Lipinski definition) is 3. The summed E-state index contributed by atoms with van der Waals surface area (Å²) in [6.45, 7) is 6.77. The second-order valence-corrected chi connectivity index (χ2v) is 5.74. The zero-order valence-electron chi connectivity index (χ0n) is 9.26. The molecule has 1 aromatic heterocycles. The Balaban J connectivity index is 2.01. The van der Waals surface area contributed by atoms with Gasteiger partial charge in [0.15, 0.2) is 5.13 Å². The van der Waals surface area contributed by atoms with Crippen molar-refractivity contribution in [2.75, 3.05) is 18.4 Å². The molecule has 1 aliphatic rings. The zero-order valence-corrected chi connectivity index (χ0v) is 10.1. The van der Waals surface area contributed by atoms with Crippen LogP contribution in [0, 0.1) is 0 Å². The van der Waals surface area contributed by atoms with Crippen LogP contribution in [-0.2, 0) is 13.0 Å². The predicted molar refractivity (Wildman–Crippen MR) is 64.3 cm³/mol. The van der Waals surface area contributed by atoms with E-state index in [-0.39, 0.29) is 5.54 Å². The van der Waals surface area contributed by atoms with Crippen LogP contribution in [0.1, 0.15) is 24.4 Å². The van der Waals surface area contributed by atoms with Crippen molar-refractivity contribution >= 4 is 16.5 Å². The summed E-state index contributed by atoms with van der Waals surface area (Å²) in [6.07, 6.45) is 1.04. The van der Waals surface area contributed by atoms with Crippen LogP contribution < -0.4 is 16.4 Å². The smallest absolute Gasteiger partial charge is 0.183 e. The van der Waals surface area contributed by atoms with Crippen LogP contribution in [0.5, 0.6) is 0 Å². The van der Waals surface area contributed by atoms with Crippen molar-refractivity contribution in [3.05, 3.63) is 10.6 Å². The van der Waals surface area contributed by atoms with Gasteiger partial charge in [0.2, 0.25) is 0 Å². The molecular formula is C10H18N4S. The molecule has 0 aliphatic carbocycles. The number of anilines is 1. The number of rotatable bonds is 3. The SMILES string of the molecule is CC(C)(N)CNc1nc2c(s1)CNCC2. The quantitative estimate of drug-likeness (QED) is 0.718. The summed E-state index contributed by atoms with van der Waals surface area (Å²) in [5, 5.41) is 7.64. The fraction of sp³-hybridized carbons (Fsp3) is 0.700. The summed E-state index contributed by atoms with van der Waals surface area (Å²) in [4.78, 5) is 5.93. The molecule has 0 saturated carbocycles. The van der Waals surface area contributed by atoms with Crippen LogP contribution in [0.25, 0.3) is 0 Å². The van der Waals surface area contributed by atoms with Gasteiger partial charge in [0, 0.05) is 36.5 Å². The molecule has 0 unspecified atom stereocenters. The molecule has 0 radical (unpaired) electrons. The topological polar surface area (TPSA) is 63.0 Å². The van der Waals surface area contributed by atoms with Gasteiger partial charge in [-0.15, -0.1) is 11.3 Å². The Kier molecular flexibility index (Phi) is 2.95. The van der Waals surface area contributed by atoms with E-state index >= 15 is 0 Å². The molecule has 0 aromatic carbocycles. The molecule has 15 heavy (non-hydrogen) atoms. The fourth-order valence-electron chi connectivity index (χ4n) is 1.50. The average Bonchev–Trinajstić information content (AvgIpc) is 2.56. The maximum absolute atomic E-state index is 5.91. The van der Waals surface area contributed by atoms with E-state index in [1.54, 1.807) is 11.3 Å². The Labute approximate surface area is 94.3 Å². The van der Waals surface area contributed by atoms with Gasteiger partial charge in [-0.3, -0.25) is 0 Å². The Bertz CT molecular complexity index is 316. The number of thiazole rings is 1. The van der Waals surface area contributed by atoms with Crippen LogP contribution in [0.2, 0.25) is 0 Å². The molecule has 5 heteroatoms. The van der Waals surface area contributed by atoms with Crippen LogP contribution in [-0.4, -0.2) is 23.6 Å². The predicted octanol–water partition coefficient (Wildman–Crippen LogP) is 0.938. The summed E-state index contributed by atoms with van der Waals surface area (Å²) < 4.78 is 0. The van der Waals surface area contributed by atoms with Crippen molar-refractivity contribution in [3.63, 3.8) is 0 Å². The molecule has 1 aromatic rings. The van der Waals surface area contributed by atoms with Gasteiger partial charge in [-0.1, -0.05) is 0 Å². The van der Waals surface area contributed by atoms with Crippen molar-refractivity contribution < 1.29 is 0 Å². The van der Waals surface area contributed by atoms with Gasteiger partial charge in [-0.05, 0) is 13.8 Å². The van der Waals surface area contributed by atoms with Crippen LogP contribution in [0.3, 0.4) is 0 Å². The zero-order chi connectivity index (χ0) is 10.9. The number of nitrogens with two attached hydrogens (primary N) is 1. The molecule has 2 heterocycles. The molecule has 0 amide bonds. The first kappa shape index (κ1) is 10.9. The van der Waals surface area contributed by atoms with Gasteiger partial charge >= 0.3 is 0 Å². The van der Waals surface area contributed by atoms with Crippen LogP contribution in [0.4, 0.5) is 5.13 Å². The summed E-state index contributed by atoms with van der Waals surface area (Å²) in [5.41, 5.74) is 6.96. The first-order valence-electron chi connectivity index (χ1n) is 5.27. The van der Waals surface area contributed by atoms with Crippen molar-refractivity contribution in [3.8, 4) is 0 Å². The van der Waals surface area contributed by atoms with Crippen LogP contribution >= 0.6 is 11.3 Å². The molecule has 0 fully saturated rings. The van der Waals surface area contributed by atoms with Crippen molar-refractivity contribution in [1.82, 2.24) is 10.3 Å². The highest BCUT2D eigenvalue weighted by Crippen LogP contribution is 2.25. The highest BCUT2D eigenvalue weighted by molar-refractivity contribution is 7.15. The van der Waals surface area contributed by atoms with Gasteiger partial charge in [-0.2, -0.15) is 0 Å². The van der Waals surface area contributed by atoms with Crippen LogP contribution in [0.15, 0.2) is 0 Å². The number of nitrogens with zero attached hydrogens (tertiary/aromatic N) is 1. The molecule has 0 bridgehead atoms. The molecule has 4 nitrogen and oxygen atoms in total. The van der Waals surface area contributed by atoms with E-state index in [0.717, 1.165) is 31.2 Å². The molecule has 4 N–H and O–H groups in total. The normalized spacial score (nSPS) is 16.2. The van der Waals surface area contributed by atoms with E-state index in [1.807, 2.05) is 13.8 Å². The Morgan fingerprint density at radius 2 is 2.40 bits per heavy atom. The van der Waals surface area contributed by atoms with E-state index in [9.17, 15) is 0 Å². The Morgan fingerprint density at radius 1 is 1.60 bits per heavy atom. The monoisotopic (exact) mass is 226 g/mol. The second-order valence-electron chi connectivity index (χ2n) is 4.66. The molecule has 0 atom stereocenters. The van der Waals surface area contributed by atoms with Crippen molar-refractivity contribution in [1.29, 1.82) is 0 Å². The second kappa shape index (κ2) is 4.08. The lowest BCUT2D eigenvalue weighted by Crippen LogP contribution is -2.39. The number of nitrogens with one attached hydrogen (secondary N) is 2. The third kappa shape index (κ3) is 2.90. The van der Waals surface area contributed by atoms with E-state index in [2.05, 4.69) is 15.6 Å². The maximum atomic E-state index is 5.91. The first-order chi connectivity index (χ1) is 7.04. The standard InChI is InChI=1S/C10H18N4S/c1-10(2,11)6-13-9-14-7-3-4-12-5-8(7)15-9/h12H,3-6,11H2,1-2H3,(H,13,14). The van der Waals surface area contributed by atoms with Crippen molar-refractivity contribution in [2.45, 2.75) is 32.4 Å². The molecule has 0 saturated heterocycles. The lowest BCUT2D eigenvalue weighted by Gasteiger charge is -2.18. The molecule has 0 spiro atoms. The van der Waals surface area contributed by atoms with Gasteiger partial charge in [0.1, 0.15) is 0 Å². The molecular weight excluding hydrogens is 208 g/mol. The summed E-state index contributed by atoms with van der Waals surface area (Å²) >= 11 is 1.74. The highest BCUT2D eigenvalue weighted by Gasteiger charge is 2.16. The maximum Gasteiger partial charge on any atom is 0.183 e. The van der Waals surface area contributed by atoms with Gasteiger partial charge in [0.25, 0.3) is 0 Å². The minimum absolute atomic E-state index is 0.190. The Hall–Kier alpha value is -0.650. The first-order valence-corrected chi connectivity index (χ1v) is 6.08. The van der Waals surface area contributed by atoms with Gasteiger partial charge in [0.05, 0.1) is 5.69 Å². The minimum Gasteiger partial charge on any atom is -0.360 e. The third-order valence-corrected chi connectivity index (χ3v) is 3.35. The fourth-order valence-corrected chi connectivity index (χ4v) is 2.48. The van der Waals surface area contributed by atoms with E-state index in [1.165, 1.54) is 10.6 Å². The summed E-state index contributed by atoms with van der Waals surface area (Å²) in [6, 6.07) is 0. The number of hydrogen-bond acceptors (Lipinski definition) is 5. The average molecular weight is 226 g/mol. The largest absolute Gasteiger partial charge is 0.360 e.